The van der Waals surface area contributed by atoms with Gasteiger partial charge in [0.1, 0.15) is 11.6 Å². The third-order valence-electron chi connectivity index (χ3n) is 3.35. The molecule has 0 spiro atoms. The van der Waals surface area contributed by atoms with Crippen LogP contribution in [0.5, 0.6) is 0 Å². The Labute approximate surface area is 121 Å². The first-order chi connectivity index (χ1) is 10.0. The van der Waals surface area contributed by atoms with Crippen LogP contribution in [-0.2, 0) is 4.79 Å². The summed E-state index contributed by atoms with van der Waals surface area (Å²) < 4.78 is 0. The molecule has 1 aliphatic heterocycles. The number of hydrogen-bond acceptors (Lipinski definition) is 5. The fraction of sp³-hybridized carbons (Fsp3) is 0.286. The Hall–Kier alpha value is -2.88. The van der Waals surface area contributed by atoms with Gasteiger partial charge < -0.3 is 10.6 Å². The summed E-state index contributed by atoms with van der Waals surface area (Å²) in [5.74, 6) is -0.851. The normalized spacial score (nSPS) is 14.8. The van der Waals surface area contributed by atoms with Crippen LogP contribution in [0.3, 0.4) is 0 Å². The van der Waals surface area contributed by atoms with Gasteiger partial charge in [0.05, 0.1) is 4.92 Å². The van der Waals surface area contributed by atoms with Crippen molar-refractivity contribution in [1.82, 2.24) is 0 Å². The Morgan fingerprint density at radius 1 is 1.43 bits per heavy atom. The van der Waals surface area contributed by atoms with E-state index in [1.165, 1.54) is 18.2 Å². The first-order valence-corrected chi connectivity index (χ1v) is 6.48. The lowest BCUT2D eigenvalue weighted by Crippen LogP contribution is -2.19. The Morgan fingerprint density at radius 3 is 2.62 bits per heavy atom. The molecule has 0 aliphatic carbocycles. The van der Waals surface area contributed by atoms with Gasteiger partial charge in [0.15, 0.2) is 0 Å². The highest BCUT2D eigenvalue weighted by Gasteiger charge is 2.18. The molecule has 0 bridgehead atoms. The molecule has 1 fully saturated rings. The summed E-state index contributed by atoms with van der Waals surface area (Å²) in [5, 5.41) is 19.8. The molecule has 2 N–H and O–H groups in total. The molecular formula is C14H14N4O3. The van der Waals surface area contributed by atoms with Crippen LogP contribution in [0.2, 0.25) is 0 Å². The van der Waals surface area contributed by atoms with Crippen LogP contribution in [0, 0.1) is 21.4 Å². The van der Waals surface area contributed by atoms with Crippen molar-refractivity contribution in [3.8, 4) is 6.07 Å². The van der Waals surface area contributed by atoms with Gasteiger partial charge in [-0.3, -0.25) is 14.9 Å². The summed E-state index contributed by atoms with van der Waals surface area (Å²) in [4.78, 5) is 23.6. The molecule has 1 amide bonds. The largest absolute Gasteiger partial charge is 0.371 e. The van der Waals surface area contributed by atoms with Gasteiger partial charge in [-0.1, -0.05) is 0 Å². The zero-order valence-corrected chi connectivity index (χ0v) is 11.3. The van der Waals surface area contributed by atoms with Gasteiger partial charge in [-0.05, 0) is 25.0 Å². The van der Waals surface area contributed by atoms with Gasteiger partial charge in [0.25, 0.3) is 11.6 Å². The fourth-order valence-corrected chi connectivity index (χ4v) is 2.33. The number of carbonyl (C=O) groups is 1. The second-order valence-electron chi connectivity index (χ2n) is 4.73. The number of benzene rings is 1. The molecule has 7 heteroatoms. The highest BCUT2D eigenvalue weighted by atomic mass is 16.6. The van der Waals surface area contributed by atoms with Crippen molar-refractivity contribution < 1.29 is 9.72 Å². The average Bonchev–Trinajstić information content (AvgIpc) is 2.98. The van der Waals surface area contributed by atoms with Gasteiger partial charge in [-0.25, -0.2) is 0 Å². The minimum atomic E-state index is -0.851. The Kier molecular flexibility index (Phi) is 4.18. The summed E-state index contributed by atoms with van der Waals surface area (Å²) in [5.41, 5.74) is 6.03. The molecule has 7 nitrogen and oxygen atoms in total. The van der Waals surface area contributed by atoms with E-state index in [0.29, 0.717) is 5.56 Å². The van der Waals surface area contributed by atoms with Crippen LogP contribution >= 0.6 is 0 Å². The second kappa shape index (κ2) is 6.05. The minimum Gasteiger partial charge on any atom is -0.371 e. The Morgan fingerprint density at radius 2 is 2.10 bits per heavy atom. The molecule has 21 heavy (non-hydrogen) atoms. The number of rotatable bonds is 4. The topological polar surface area (TPSA) is 113 Å². The number of non-ortho nitro benzene ring substituents is 1. The number of nitrogens with two attached hydrogens (primary N) is 1. The van der Waals surface area contributed by atoms with E-state index < -0.39 is 10.8 Å². The second-order valence-corrected chi connectivity index (χ2v) is 4.73. The van der Waals surface area contributed by atoms with Crippen LogP contribution < -0.4 is 10.6 Å². The van der Waals surface area contributed by atoms with Crippen molar-refractivity contribution >= 4 is 23.4 Å². The SMILES string of the molecule is N#CC(=Cc1cc([N+](=O)[O-])ccc1N1CCCC1)C(N)=O. The van der Waals surface area contributed by atoms with E-state index in [1.54, 1.807) is 12.1 Å². The molecule has 2 rings (SSSR count). The summed E-state index contributed by atoms with van der Waals surface area (Å²) in [7, 11) is 0. The van der Waals surface area contributed by atoms with Crippen molar-refractivity contribution in [3.63, 3.8) is 0 Å². The molecule has 1 heterocycles. The first-order valence-electron chi connectivity index (χ1n) is 6.48. The number of anilines is 1. The highest BCUT2D eigenvalue weighted by molar-refractivity contribution is 6.01. The molecule has 108 valence electrons. The lowest BCUT2D eigenvalue weighted by Gasteiger charge is -2.20. The van der Waals surface area contributed by atoms with E-state index in [4.69, 9.17) is 11.0 Å². The average molecular weight is 286 g/mol. The van der Waals surface area contributed by atoms with Crippen molar-refractivity contribution in [3.05, 3.63) is 39.4 Å². The van der Waals surface area contributed by atoms with Crippen LogP contribution in [-0.4, -0.2) is 23.9 Å². The van der Waals surface area contributed by atoms with E-state index in [9.17, 15) is 14.9 Å². The van der Waals surface area contributed by atoms with Gasteiger partial charge >= 0.3 is 0 Å². The fourth-order valence-electron chi connectivity index (χ4n) is 2.33. The molecule has 1 aromatic carbocycles. The van der Waals surface area contributed by atoms with Crippen molar-refractivity contribution in [2.24, 2.45) is 5.73 Å². The number of nitro benzene ring substituents is 1. The van der Waals surface area contributed by atoms with Crippen molar-refractivity contribution in [2.75, 3.05) is 18.0 Å². The van der Waals surface area contributed by atoms with Gasteiger partial charge in [-0.15, -0.1) is 0 Å². The van der Waals surface area contributed by atoms with E-state index in [-0.39, 0.29) is 11.3 Å². The molecule has 0 saturated carbocycles. The smallest absolute Gasteiger partial charge is 0.270 e. The molecule has 0 unspecified atom stereocenters. The standard InChI is InChI=1S/C14H14N4O3/c15-9-11(14(16)19)7-10-8-12(18(20)21)3-4-13(10)17-5-1-2-6-17/h3-4,7-8H,1-2,5-6H2,(H2,16,19). The van der Waals surface area contributed by atoms with Crippen LogP contribution in [0.4, 0.5) is 11.4 Å². The van der Waals surface area contributed by atoms with E-state index in [1.807, 2.05) is 0 Å². The number of amides is 1. The van der Waals surface area contributed by atoms with E-state index in [0.717, 1.165) is 31.6 Å². The van der Waals surface area contributed by atoms with E-state index >= 15 is 0 Å². The zero-order chi connectivity index (χ0) is 15.4. The van der Waals surface area contributed by atoms with Gasteiger partial charge in [0, 0.05) is 36.5 Å². The summed E-state index contributed by atoms with van der Waals surface area (Å²) in [6, 6.07) is 6.13. The monoisotopic (exact) mass is 286 g/mol. The Balaban J connectivity index is 2.53. The van der Waals surface area contributed by atoms with Crippen molar-refractivity contribution in [2.45, 2.75) is 12.8 Å². The van der Waals surface area contributed by atoms with Gasteiger partial charge in [-0.2, -0.15) is 5.26 Å². The molecule has 1 aliphatic rings. The summed E-state index contributed by atoms with van der Waals surface area (Å²) >= 11 is 0. The number of carbonyl (C=O) groups excluding carboxylic acids is 1. The molecule has 0 aromatic heterocycles. The lowest BCUT2D eigenvalue weighted by molar-refractivity contribution is -0.384. The number of nitrogens with zero attached hydrogens (tertiary/aromatic N) is 3. The summed E-state index contributed by atoms with van der Waals surface area (Å²) in [6.07, 6.45) is 3.39. The molecular weight excluding hydrogens is 272 g/mol. The summed E-state index contributed by atoms with van der Waals surface area (Å²) in [6.45, 7) is 1.69. The Bertz CT molecular complexity index is 655. The van der Waals surface area contributed by atoms with Gasteiger partial charge in [0.2, 0.25) is 0 Å². The van der Waals surface area contributed by atoms with Crippen LogP contribution in [0.1, 0.15) is 18.4 Å². The third kappa shape index (κ3) is 3.17. The maximum Gasteiger partial charge on any atom is 0.270 e. The predicted octanol–water partition coefficient (Wildman–Crippen LogP) is 1.59. The lowest BCUT2D eigenvalue weighted by atomic mass is 10.1. The number of primary amides is 1. The minimum absolute atomic E-state index is 0.0917. The zero-order valence-electron chi connectivity index (χ0n) is 11.3. The predicted molar refractivity (Wildman–Crippen MR) is 77.3 cm³/mol. The number of hydrogen-bond donors (Lipinski definition) is 1. The van der Waals surface area contributed by atoms with Crippen LogP contribution in [0.15, 0.2) is 23.8 Å². The highest BCUT2D eigenvalue weighted by Crippen LogP contribution is 2.29. The quantitative estimate of drug-likeness (QED) is 0.391. The first kappa shape index (κ1) is 14.5. The molecule has 1 aromatic rings. The van der Waals surface area contributed by atoms with Crippen LogP contribution in [0.25, 0.3) is 6.08 Å². The third-order valence-corrected chi connectivity index (χ3v) is 3.35. The molecule has 0 atom stereocenters. The van der Waals surface area contributed by atoms with Crippen molar-refractivity contribution in [1.29, 1.82) is 5.26 Å². The number of nitro groups is 1. The maximum absolute atomic E-state index is 11.2. The maximum atomic E-state index is 11.2. The van der Waals surface area contributed by atoms with E-state index in [2.05, 4.69) is 4.90 Å². The molecule has 0 radical (unpaired) electrons. The number of nitriles is 1. The molecule has 1 saturated heterocycles.